The van der Waals surface area contributed by atoms with Crippen LogP contribution in [0.25, 0.3) is 11.5 Å². The van der Waals surface area contributed by atoms with E-state index in [-0.39, 0.29) is 17.5 Å². The van der Waals surface area contributed by atoms with E-state index in [1.807, 2.05) is 12.1 Å². The van der Waals surface area contributed by atoms with Gasteiger partial charge >= 0.3 is 0 Å². The van der Waals surface area contributed by atoms with Crippen LogP contribution < -0.4 is 0 Å². The van der Waals surface area contributed by atoms with Gasteiger partial charge in [0.25, 0.3) is 0 Å². The molecular weight excluding hydrogens is 291 g/mol. The summed E-state index contributed by atoms with van der Waals surface area (Å²) in [5.74, 6) is 0.994. The topological polar surface area (TPSA) is 59.2 Å². The lowest BCUT2D eigenvalue weighted by Gasteiger charge is -2.00. The third kappa shape index (κ3) is 3.22. The molecule has 1 N–H and O–H groups in total. The quantitative estimate of drug-likeness (QED) is 0.741. The Morgan fingerprint density at radius 3 is 2.76 bits per heavy atom. The average molecular weight is 302 g/mol. The maximum atomic E-state index is 13.2. The van der Waals surface area contributed by atoms with Crippen molar-refractivity contribution in [1.82, 2.24) is 10.2 Å². The van der Waals surface area contributed by atoms with E-state index >= 15 is 0 Å². The number of benzene rings is 2. The van der Waals surface area contributed by atoms with E-state index < -0.39 is 0 Å². The van der Waals surface area contributed by atoms with Gasteiger partial charge in [-0.05, 0) is 30.3 Å². The lowest BCUT2D eigenvalue weighted by Crippen LogP contribution is -1.80. The summed E-state index contributed by atoms with van der Waals surface area (Å²) in [7, 11) is 0. The molecule has 0 saturated carbocycles. The van der Waals surface area contributed by atoms with Gasteiger partial charge in [0.2, 0.25) is 11.8 Å². The molecule has 106 valence electrons. The number of aromatic nitrogens is 2. The second-order valence-electron chi connectivity index (χ2n) is 4.27. The molecule has 0 aliphatic carbocycles. The molecule has 0 saturated heterocycles. The molecule has 0 aliphatic heterocycles. The van der Waals surface area contributed by atoms with Crippen LogP contribution in [0.2, 0.25) is 0 Å². The van der Waals surface area contributed by atoms with Crippen molar-refractivity contribution in [1.29, 1.82) is 0 Å². The fourth-order valence-corrected chi connectivity index (χ4v) is 2.56. The Hall–Kier alpha value is -2.34. The molecule has 0 fully saturated rings. The fourth-order valence-electron chi connectivity index (χ4n) is 1.77. The van der Waals surface area contributed by atoms with Crippen LogP contribution in [0.5, 0.6) is 5.75 Å². The second kappa shape index (κ2) is 5.97. The minimum Gasteiger partial charge on any atom is -0.507 e. The highest BCUT2D eigenvalue weighted by atomic mass is 32.2. The van der Waals surface area contributed by atoms with Crippen molar-refractivity contribution in [3.8, 4) is 17.2 Å². The molecule has 0 atom stereocenters. The van der Waals surface area contributed by atoms with Crippen molar-refractivity contribution in [2.45, 2.75) is 10.6 Å². The summed E-state index contributed by atoms with van der Waals surface area (Å²) >= 11 is 1.39. The number of nitrogens with zero attached hydrogens (tertiary/aromatic N) is 2. The average Bonchev–Trinajstić information content (AvgIpc) is 2.95. The standard InChI is InChI=1S/C15H11FN2O2S/c16-11-5-3-4-10(8-11)15-18-17-14(20-15)9-21-13-7-2-1-6-12(13)19/h1-8,19H,9H2. The Labute approximate surface area is 124 Å². The molecule has 4 nitrogen and oxygen atoms in total. The van der Waals surface area contributed by atoms with E-state index in [1.165, 1.54) is 23.9 Å². The Kier molecular flexibility index (Phi) is 3.87. The van der Waals surface area contributed by atoms with Crippen LogP contribution in [0.4, 0.5) is 4.39 Å². The van der Waals surface area contributed by atoms with Crippen LogP contribution in [-0.4, -0.2) is 15.3 Å². The molecular formula is C15H11FN2O2S. The molecule has 1 aromatic heterocycles. The highest BCUT2D eigenvalue weighted by molar-refractivity contribution is 7.98. The molecule has 2 aromatic carbocycles. The van der Waals surface area contributed by atoms with Gasteiger partial charge in [-0.15, -0.1) is 22.0 Å². The lowest BCUT2D eigenvalue weighted by atomic mass is 10.2. The molecule has 0 amide bonds. The van der Waals surface area contributed by atoms with E-state index in [0.29, 0.717) is 17.2 Å². The van der Waals surface area contributed by atoms with E-state index in [1.54, 1.807) is 24.3 Å². The van der Waals surface area contributed by atoms with Crippen LogP contribution in [-0.2, 0) is 5.75 Å². The van der Waals surface area contributed by atoms with E-state index in [9.17, 15) is 9.50 Å². The van der Waals surface area contributed by atoms with Gasteiger partial charge in [0.05, 0.1) is 5.75 Å². The normalized spacial score (nSPS) is 10.7. The predicted molar refractivity (Wildman–Crippen MR) is 77.4 cm³/mol. The summed E-state index contributed by atoms with van der Waals surface area (Å²) in [6.45, 7) is 0. The van der Waals surface area contributed by atoms with Gasteiger partial charge < -0.3 is 9.52 Å². The van der Waals surface area contributed by atoms with Gasteiger partial charge in [0, 0.05) is 10.5 Å². The monoisotopic (exact) mass is 302 g/mol. The first-order valence-corrected chi connectivity index (χ1v) is 7.20. The second-order valence-corrected chi connectivity index (χ2v) is 5.28. The van der Waals surface area contributed by atoms with Crippen molar-refractivity contribution in [3.63, 3.8) is 0 Å². The number of hydrogen-bond donors (Lipinski definition) is 1. The number of rotatable bonds is 4. The van der Waals surface area contributed by atoms with Crippen molar-refractivity contribution in [2.75, 3.05) is 0 Å². The Morgan fingerprint density at radius 2 is 1.95 bits per heavy atom. The Morgan fingerprint density at radius 1 is 1.10 bits per heavy atom. The van der Waals surface area contributed by atoms with Gasteiger partial charge in [0.1, 0.15) is 11.6 Å². The molecule has 1 heterocycles. The third-order valence-electron chi connectivity index (χ3n) is 2.75. The molecule has 0 spiro atoms. The summed E-state index contributed by atoms with van der Waals surface area (Å²) < 4.78 is 18.6. The number of hydrogen-bond acceptors (Lipinski definition) is 5. The molecule has 0 unspecified atom stereocenters. The Balaban J connectivity index is 1.72. The van der Waals surface area contributed by atoms with E-state index in [4.69, 9.17) is 4.42 Å². The first-order chi connectivity index (χ1) is 10.2. The number of halogens is 1. The summed E-state index contributed by atoms with van der Waals surface area (Å²) in [5.41, 5.74) is 0.543. The first kappa shape index (κ1) is 13.6. The van der Waals surface area contributed by atoms with Crippen LogP contribution >= 0.6 is 11.8 Å². The third-order valence-corrected chi connectivity index (χ3v) is 3.80. The zero-order valence-corrected chi connectivity index (χ0v) is 11.7. The molecule has 6 heteroatoms. The number of phenolic OH excluding ortho intramolecular Hbond substituents is 1. The summed E-state index contributed by atoms with van der Waals surface area (Å²) in [4.78, 5) is 0.739. The number of aromatic hydroxyl groups is 1. The van der Waals surface area contributed by atoms with Crippen molar-refractivity contribution >= 4 is 11.8 Å². The van der Waals surface area contributed by atoms with Crippen molar-refractivity contribution in [2.24, 2.45) is 0 Å². The molecule has 3 aromatic rings. The maximum Gasteiger partial charge on any atom is 0.247 e. The van der Waals surface area contributed by atoms with Gasteiger partial charge in [-0.1, -0.05) is 18.2 Å². The number of para-hydroxylation sites is 1. The van der Waals surface area contributed by atoms with Gasteiger partial charge in [-0.2, -0.15) is 0 Å². The smallest absolute Gasteiger partial charge is 0.247 e. The van der Waals surface area contributed by atoms with Crippen LogP contribution in [0.1, 0.15) is 5.89 Å². The molecule has 0 radical (unpaired) electrons. The summed E-state index contributed by atoms with van der Waals surface area (Å²) in [6, 6.07) is 13.0. The van der Waals surface area contributed by atoms with Crippen LogP contribution in [0.15, 0.2) is 57.8 Å². The molecule has 0 aliphatic rings. The molecule has 3 rings (SSSR count). The minimum atomic E-state index is -0.351. The summed E-state index contributed by atoms with van der Waals surface area (Å²) in [5, 5.41) is 17.5. The minimum absolute atomic E-state index is 0.215. The predicted octanol–water partition coefficient (Wildman–Crippen LogP) is 3.87. The molecule has 0 bridgehead atoms. The highest BCUT2D eigenvalue weighted by Gasteiger charge is 2.10. The van der Waals surface area contributed by atoms with E-state index in [0.717, 1.165) is 4.90 Å². The van der Waals surface area contributed by atoms with Gasteiger partial charge in [-0.3, -0.25) is 0 Å². The van der Waals surface area contributed by atoms with Crippen LogP contribution in [0.3, 0.4) is 0 Å². The number of thioether (sulfide) groups is 1. The maximum absolute atomic E-state index is 13.2. The number of phenols is 1. The fraction of sp³-hybridized carbons (Fsp3) is 0.0667. The SMILES string of the molecule is Oc1ccccc1SCc1nnc(-c2cccc(F)c2)o1. The lowest BCUT2D eigenvalue weighted by molar-refractivity contribution is 0.462. The zero-order valence-electron chi connectivity index (χ0n) is 10.9. The molecule has 21 heavy (non-hydrogen) atoms. The van der Waals surface area contributed by atoms with Gasteiger partial charge in [-0.25, -0.2) is 4.39 Å². The van der Waals surface area contributed by atoms with Crippen molar-refractivity contribution < 1.29 is 13.9 Å². The van der Waals surface area contributed by atoms with E-state index in [2.05, 4.69) is 10.2 Å². The Bertz CT molecular complexity index is 761. The summed E-state index contributed by atoms with van der Waals surface area (Å²) in [6.07, 6.45) is 0. The highest BCUT2D eigenvalue weighted by Crippen LogP contribution is 2.30. The van der Waals surface area contributed by atoms with Gasteiger partial charge in [0.15, 0.2) is 0 Å². The van der Waals surface area contributed by atoms with Crippen LogP contribution in [0, 0.1) is 5.82 Å². The largest absolute Gasteiger partial charge is 0.507 e. The first-order valence-electron chi connectivity index (χ1n) is 6.21. The van der Waals surface area contributed by atoms with Crippen molar-refractivity contribution in [3.05, 3.63) is 60.2 Å². The zero-order chi connectivity index (χ0) is 14.7.